The molecule has 0 atom stereocenters. The van der Waals surface area contributed by atoms with Gasteiger partial charge in [-0.2, -0.15) is 0 Å². The van der Waals surface area contributed by atoms with Crippen molar-refractivity contribution in [3.63, 3.8) is 0 Å². The molecule has 0 unspecified atom stereocenters. The van der Waals surface area contributed by atoms with Crippen LogP contribution in [0.3, 0.4) is 0 Å². The summed E-state index contributed by atoms with van der Waals surface area (Å²) in [6.07, 6.45) is 0.614. The molecule has 0 aliphatic heterocycles. The molecule has 80 valence electrons. The first-order valence-electron chi connectivity index (χ1n) is 3.64. The fraction of sp³-hybridized carbons (Fsp3) is 0. The van der Waals surface area contributed by atoms with E-state index in [9.17, 15) is 22.4 Å². The second-order valence-electron chi connectivity index (χ2n) is 2.42. The van der Waals surface area contributed by atoms with Gasteiger partial charge in [-0.25, -0.2) is 22.4 Å². The number of benzene rings is 1. The Hall–Kier alpha value is -1.85. The van der Waals surface area contributed by atoms with Crippen LogP contribution in [-0.4, -0.2) is 5.97 Å². The summed E-state index contributed by atoms with van der Waals surface area (Å²) in [6.45, 7) is 2.97. The molecule has 1 aromatic carbocycles. The van der Waals surface area contributed by atoms with E-state index in [0.29, 0.717) is 6.26 Å². The predicted octanol–water partition coefficient (Wildman–Crippen LogP) is 2.54. The van der Waals surface area contributed by atoms with Gasteiger partial charge in [0.2, 0.25) is 0 Å². The predicted molar refractivity (Wildman–Crippen MR) is 41.9 cm³/mol. The largest absolute Gasteiger partial charge is 0.431 e. The maximum Gasteiger partial charge on any atom is 0.349 e. The van der Waals surface area contributed by atoms with Crippen molar-refractivity contribution in [1.82, 2.24) is 0 Å². The second-order valence-corrected chi connectivity index (χ2v) is 2.42. The Morgan fingerprint density at radius 1 is 1.20 bits per heavy atom. The molecule has 0 amide bonds. The Bertz CT molecular complexity index is 429. The van der Waals surface area contributed by atoms with Crippen LogP contribution in [0.25, 0.3) is 0 Å². The molecule has 0 aromatic heterocycles. The zero-order valence-corrected chi connectivity index (χ0v) is 7.19. The minimum atomic E-state index is -1.94. The summed E-state index contributed by atoms with van der Waals surface area (Å²) < 4.78 is 54.9. The first-order chi connectivity index (χ1) is 6.99. The van der Waals surface area contributed by atoms with Crippen molar-refractivity contribution in [1.29, 1.82) is 0 Å². The summed E-state index contributed by atoms with van der Waals surface area (Å²) in [4.78, 5) is 10.9. The quantitative estimate of drug-likeness (QED) is 0.252. The van der Waals surface area contributed by atoms with E-state index in [4.69, 9.17) is 0 Å². The number of carbonyl (C=O) groups is 1. The highest BCUT2D eigenvalue weighted by Gasteiger charge is 2.24. The number of hydrogen-bond acceptors (Lipinski definition) is 2. The molecule has 1 aromatic rings. The van der Waals surface area contributed by atoms with Crippen molar-refractivity contribution in [2.24, 2.45) is 0 Å². The summed E-state index contributed by atoms with van der Waals surface area (Å²) in [5, 5.41) is 0. The van der Waals surface area contributed by atoms with Crippen molar-refractivity contribution in [3.05, 3.63) is 47.7 Å². The molecule has 0 saturated heterocycles. The Morgan fingerprint density at radius 3 is 2.33 bits per heavy atom. The number of halogens is 4. The van der Waals surface area contributed by atoms with E-state index in [1.165, 1.54) is 0 Å². The van der Waals surface area contributed by atoms with Gasteiger partial charge in [-0.05, 0) is 0 Å². The molecule has 0 heterocycles. The van der Waals surface area contributed by atoms with Gasteiger partial charge in [0.25, 0.3) is 0 Å². The van der Waals surface area contributed by atoms with Gasteiger partial charge in [0, 0.05) is 6.07 Å². The van der Waals surface area contributed by atoms with E-state index in [-0.39, 0.29) is 6.07 Å². The molecule has 0 fully saturated rings. The molecular formula is C9H4F4O2. The minimum Gasteiger partial charge on any atom is -0.431 e. The molecular weight excluding hydrogens is 216 g/mol. The number of rotatable bonds is 2. The maximum atomic E-state index is 12.9. The van der Waals surface area contributed by atoms with E-state index in [1.807, 2.05) is 0 Å². The normalized spacial score (nSPS) is 9.87. The van der Waals surface area contributed by atoms with Crippen LogP contribution < -0.4 is 0 Å². The fourth-order valence-electron chi connectivity index (χ4n) is 0.888. The van der Waals surface area contributed by atoms with Crippen molar-refractivity contribution in [3.8, 4) is 0 Å². The van der Waals surface area contributed by atoms with Crippen LogP contribution in [0.4, 0.5) is 17.6 Å². The van der Waals surface area contributed by atoms with Crippen molar-refractivity contribution in [2.45, 2.75) is 0 Å². The van der Waals surface area contributed by atoms with Gasteiger partial charge in [-0.15, -0.1) is 0 Å². The van der Waals surface area contributed by atoms with Crippen LogP contribution in [0.15, 0.2) is 18.9 Å². The summed E-state index contributed by atoms with van der Waals surface area (Å²) in [5.74, 6) is -8.62. The van der Waals surface area contributed by atoms with Gasteiger partial charge < -0.3 is 4.74 Å². The lowest BCUT2D eigenvalue weighted by atomic mass is 10.2. The van der Waals surface area contributed by atoms with E-state index in [2.05, 4.69) is 11.3 Å². The first kappa shape index (κ1) is 11.2. The molecule has 0 spiro atoms. The summed E-state index contributed by atoms with van der Waals surface area (Å²) in [6, 6.07) is 0.0537. The monoisotopic (exact) mass is 220 g/mol. The number of hydrogen-bond donors (Lipinski definition) is 0. The van der Waals surface area contributed by atoms with Crippen LogP contribution in [-0.2, 0) is 4.74 Å². The zero-order chi connectivity index (χ0) is 11.6. The topological polar surface area (TPSA) is 26.3 Å². The average Bonchev–Trinajstić information content (AvgIpc) is 2.15. The van der Waals surface area contributed by atoms with Gasteiger partial charge in [-0.1, -0.05) is 6.58 Å². The Labute approximate surface area is 81.8 Å². The fourth-order valence-corrected chi connectivity index (χ4v) is 0.888. The Kier molecular flexibility index (Phi) is 3.08. The molecule has 6 heteroatoms. The molecule has 0 saturated carbocycles. The number of carbonyl (C=O) groups excluding carboxylic acids is 1. The lowest BCUT2D eigenvalue weighted by molar-refractivity contribution is 0.0652. The van der Waals surface area contributed by atoms with Gasteiger partial charge in [0.15, 0.2) is 17.5 Å². The van der Waals surface area contributed by atoms with Gasteiger partial charge in [0.05, 0.1) is 6.26 Å². The zero-order valence-electron chi connectivity index (χ0n) is 7.19. The third kappa shape index (κ3) is 1.98. The lowest BCUT2D eigenvalue weighted by Gasteiger charge is -2.03. The van der Waals surface area contributed by atoms with Crippen molar-refractivity contribution < 1.29 is 27.1 Å². The summed E-state index contributed by atoms with van der Waals surface area (Å²) >= 11 is 0. The van der Waals surface area contributed by atoms with Gasteiger partial charge >= 0.3 is 5.97 Å². The number of esters is 1. The molecule has 0 radical (unpaired) electrons. The van der Waals surface area contributed by atoms with Crippen molar-refractivity contribution in [2.75, 3.05) is 0 Å². The molecule has 2 nitrogen and oxygen atoms in total. The molecule has 0 aliphatic carbocycles. The average molecular weight is 220 g/mol. The highest BCUT2D eigenvalue weighted by molar-refractivity contribution is 5.90. The van der Waals surface area contributed by atoms with E-state index < -0.39 is 34.8 Å². The van der Waals surface area contributed by atoms with E-state index in [1.54, 1.807) is 0 Å². The molecule has 15 heavy (non-hydrogen) atoms. The minimum absolute atomic E-state index is 0.0537. The summed E-state index contributed by atoms with van der Waals surface area (Å²) in [5.41, 5.74) is -1.30. The highest BCUT2D eigenvalue weighted by Crippen LogP contribution is 2.19. The highest BCUT2D eigenvalue weighted by atomic mass is 19.2. The van der Waals surface area contributed by atoms with Crippen LogP contribution >= 0.6 is 0 Å². The standard InChI is InChI=1S/C9H4F4O2/c1-2-15-9(14)6-4(10)3-5(11)7(12)8(6)13/h2-3H,1H2. The molecule has 0 bridgehead atoms. The maximum absolute atomic E-state index is 12.9. The second kappa shape index (κ2) is 4.12. The van der Waals surface area contributed by atoms with E-state index >= 15 is 0 Å². The van der Waals surface area contributed by atoms with Crippen LogP contribution in [0.5, 0.6) is 0 Å². The smallest absolute Gasteiger partial charge is 0.349 e. The van der Waals surface area contributed by atoms with Gasteiger partial charge in [-0.3, -0.25) is 0 Å². The van der Waals surface area contributed by atoms with Crippen LogP contribution in [0.2, 0.25) is 0 Å². The number of ether oxygens (including phenoxy) is 1. The van der Waals surface area contributed by atoms with Gasteiger partial charge in [0.1, 0.15) is 11.4 Å². The third-order valence-electron chi connectivity index (χ3n) is 1.51. The lowest BCUT2D eigenvalue weighted by Crippen LogP contribution is -2.10. The van der Waals surface area contributed by atoms with Crippen LogP contribution in [0.1, 0.15) is 10.4 Å². The Morgan fingerprint density at radius 2 is 1.80 bits per heavy atom. The molecule has 1 rings (SSSR count). The van der Waals surface area contributed by atoms with Crippen LogP contribution in [0, 0.1) is 23.3 Å². The SMILES string of the molecule is C=COC(=O)c1c(F)cc(F)c(F)c1F. The van der Waals surface area contributed by atoms with E-state index in [0.717, 1.165) is 0 Å². The molecule has 0 N–H and O–H groups in total. The molecule has 0 aliphatic rings. The Balaban J connectivity index is 3.35. The summed E-state index contributed by atoms with van der Waals surface area (Å²) in [7, 11) is 0. The van der Waals surface area contributed by atoms with Crippen molar-refractivity contribution >= 4 is 5.97 Å². The first-order valence-corrected chi connectivity index (χ1v) is 3.64. The third-order valence-corrected chi connectivity index (χ3v) is 1.51.